The average Bonchev–Trinajstić information content (AvgIpc) is 2.56. The first-order valence-corrected chi connectivity index (χ1v) is 9.82. The van der Waals surface area contributed by atoms with Crippen LogP contribution in [0.4, 0.5) is 11.4 Å². The predicted molar refractivity (Wildman–Crippen MR) is 98.4 cm³/mol. The number of hydrogen-bond acceptors (Lipinski definition) is 5. The molecule has 0 aliphatic heterocycles. The molecule has 0 saturated carbocycles. The van der Waals surface area contributed by atoms with Crippen molar-refractivity contribution >= 4 is 27.1 Å². The maximum Gasteiger partial charge on any atom is 0.224 e. The predicted octanol–water partition coefficient (Wildman–Crippen LogP) is 2.86. The van der Waals surface area contributed by atoms with E-state index in [0.29, 0.717) is 43.0 Å². The molecular formula is C18H22N2O4S. The summed E-state index contributed by atoms with van der Waals surface area (Å²) in [6.07, 6.45) is 2.94. The van der Waals surface area contributed by atoms with Crippen molar-refractivity contribution in [2.45, 2.75) is 24.2 Å². The molecular weight excluding hydrogens is 340 g/mol. The lowest BCUT2D eigenvalue weighted by Gasteiger charge is -2.08. The average molecular weight is 362 g/mol. The zero-order valence-electron chi connectivity index (χ0n) is 14.1. The van der Waals surface area contributed by atoms with E-state index in [1.165, 1.54) is 12.1 Å². The third kappa shape index (κ3) is 6.11. The molecule has 2 rings (SSSR count). The number of nitrogens with two attached hydrogens (primary N) is 1. The van der Waals surface area contributed by atoms with Gasteiger partial charge in [-0.05, 0) is 49.2 Å². The summed E-state index contributed by atoms with van der Waals surface area (Å²) >= 11 is 0. The Morgan fingerprint density at radius 1 is 1.08 bits per heavy atom. The Morgan fingerprint density at radius 2 is 1.76 bits per heavy atom. The summed E-state index contributed by atoms with van der Waals surface area (Å²) in [6.45, 7) is 0.457. The number of amides is 1. The first-order chi connectivity index (χ1) is 11.9. The molecule has 0 heterocycles. The van der Waals surface area contributed by atoms with Gasteiger partial charge in [0.1, 0.15) is 5.75 Å². The van der Waals surface area contributed by atoms with Crippen LogP contribution >= 0.6 is 0 Å². The number of ether oxygens (including phenoxy) is 1. The van der Waals surface area contributed by atoms with E-state index in [4.69, 9.17) is 10.5 Å². The SMILES string of the molecule is CS(=O)(=O)c1ccc(OCCCCC(=O)Nc2ccccc2N)cc1. The van der Waals surface area contributed by atoms with E-state index >= 15 is 0 Å². The van der Waals surface area contributed by atoms with Gasteiger partial charge in [0.25, 0.3) is 0 Å². The fraction of sp³-hybridized carbons (Fsp3) is 0.278. The third-order valence-electron chi connectivity index (χ3n) is 3.55. The fourth-order valence-corrected chi connectivity index (χ4v) is 2.81. The zero-order valence-corrected chi connectivity index (χ0v) is 14.9. The van der Waals surface area contributed by atoms with Crippen LogP contribution in [0.2, 0.25) is 0 Å². The Kier molecular flexibility index (Phi) is 6.41. The summed E-state index contributed by atoms with van der Waals surface area (Å²) < 4.78 is 28.3. The minimum Gasteiger partial charge on any atom is -0.494 e. The topological polar surface area (TPSA) is 98.5 Å². The van der Waals surface area contributed by atoms with Crippen molar-refractivity contribution in [2.75, 3.05) is 23.9 Å². The van der Waals surface area contributed by atoms with Crippen LogP contribution in [0.3, 0.4) is 0 Å². The normalized spacial score (nSPS) is 11.1. The van der Waals surface area contributed by atoms with Gasteiger partial charge in [-0.1, -0.05) is 12.1 Å². The largest absolute Gasteiger partial charge is 0.494 e. The maximum absolute atomic E-state index is 11.9. The van der Waals surface area contributed by atoms with Gasteiger partial charge in [-0.3, -0.25) is 4.79 Å². The van der Waals surface area contributed by atoms with Crippen LogP contribution in [-0.4, -0.2) is 27.2 Å². The van der Waals surface area contributed by atoms with Crippen molar-refractivity contribution in [3.05, 3.63) is 48.5 Å². The molecule has 0 aliphatic rings. The molecule has 0 unspecified atom stereocenters. The fourth-order valence-electron chi connectivity index (χ4n) is 2.18. The van der Waals surface area contributed by atoms with E-state index in [-0.39, 0.29) is 10.8 Å². The number of carbonyl (C=O) groups excluding carboxylic acids is 1. The summed E-state index contributed by atoms with van der Waals surface area (Å²) in [5, 5.41) is 2.78. The van der Waals surface area contributed by atoms with Crippen molar-refractivity contribution in [3.8, 4) is 5.75 Å². The van der Waals surface area contributed by atoms with E-state index in [0.717, 1.165) is 6.26 Å². The second-order valence-electron chi connectivity index (χ2n) is 5.68. The molecule has 0 spiro atoms. The summed E-state index contributed by atoms with van der Waals surface area (Å²) in [5.74, 6) is 0.518. The summed E-state index contributed by atoms with van der Waals surface area (Å²) in [7, 11) is -3.20. The van der Waals surface area contributed by atoms with Crippen LogP contribution in [0.25, 0.3) is 0 Å². The molecule has 7 heteroatoms. The smallest absolute Gasteiger partial charge is 0.224 e. The highest BCUT2D eigenvalue weighted by Crippen LogP contribution is 2.18. The van der Waals surface area contributed by atoms with Crippen LogP contribution < -0.4 is 15.8 Å². The second-order valence-corrected chi connectivity index (χ2v) is 7.70. The quantitative estimate of drug-likeness (QED) is 0.556. The molecule has 3 N–H and O–H groups in total. The van der Waals surface area contributed by atoms with Gasteiger partial charge in [0.05, 0.1) is 22.9 Å². The number of benzene rings is 2. The van der Waals surface area contributed by atoms with Gasteiger partial charge in [0.15, 0.2) is 9.84 Å². The molecule has 0 fully saturated rings. The molecule has 0 saturated heterocycles. The summed E-state index contributed by atoms with van der Waals surface area (Å²) in [5.41, 5.74) is 6.93. The maximum atomic E-state index is 11.9. The summed E-state index contributed by atoms with van der Waals surface area (Å²) in [4.78, 5) is 12.1. The standard InChI is InChI=1S/C18H22N2O4S/c1-25(22,23)15-11-9-14(10-12-15)24-13-5-4-8-18(21)20-17-7-3-2-6-16(17)19/h2-3,6-7,9-12H,4-5,8,13,19H2,1H3,(H,20,21). The lowest BCUT2D eigenvalue weighted by atomic mass is 10.2. The number of hydrogen-bond donors (Lipinski definition) is 2. The van der Waals surface area contributed by atoms with Crippen LogP contribution in [0.5, 0.6) is 5.75 Å². The molecule has 0 bridgehead atoms. The van der Waals surface area contributed by atoms with Crippen LogP contribution in [0, 0.1) is 0 Å². The molecule has 2 aromatic carbocycles. The Hall–Kier alpha value is -2.54. The van der Waals surface area contributed by atoms with Gasteiger partial charge in [-0.15, -0.1) is 0 Å². The molecule has 1 amide bonds. The third-order valence-corrected chi connectivity index (χ3v) is 4.68. The lowest BCUT2D eigenvalue weighted by molar-refractivity contribution is -0.116. The Balaban J connectivity index is 1.68. The molecule has 25 heavy (non-hydrogen) atoms. The number of nitrogens with one attached hydrogen (secondary N) is 1. The molecule has 134 valence electrons. The second kappa shape index (κ2) is 8.53. The molecule has 6 nitrogen and oxygen atoms in total. The van der Waals surface area contributed by atoms with Gasteiger partial charge in [-0.2, -0.15) is 0 Å². The Bertz CT molecular complexity index is 817. The minimum absolute atomic E-state index is 0.0876. The van der Waals surface area contributed by atoms with Gasteiger partial charge in [-0.25, -0.2) is 8.42 Å². The molecule has 0 aliphatic carbocycles. The van der Waals surface area contributed by atoms with E-state index in [1.54, 1.807) is 24.3 Å². The monoisotopic (exact) mass is 362 g/mol. The first kappa shape index (κ1) is 18.8. The number of rotatable bonds is 8. The van der Waals surface area contributed by atoms with Gasteiger partial charge < -0.3 is 15.8 Å². The van der Waals surface area contributed by atoms with E-state index in [2.05, 4.69) is 5.32 Å². The van der Waals surface area contributed by atoms with Crippen molar-refractivity contribution in [2.24, 2.45) is 0 Å². The van der Waals surface area contributed by atoms with Crippen molar-refractivity contribution < 1.29 is 17.9 Å². The molecule has 2 aromatic rings. The number of anilines is 2. The number of nitrogen functional groups attached to an aromatic ring is 1. The number of para-hydroxylation sites is 2. The highest BCUT2D eigenvalue weighted by Gasteiger charge is 2.07. The Labute approximate surface area is 147 Å². The van der Waals surface area contributed by atoms with Gasteiger partial charge in [0.2, 0.25) is 5.91 Å². The van der Waals surface area contributed by atoms with Crippen LogP contribution in [0.1, 0.15) is 19.3 Å². The van der Waals surface area contributed by atoms with E-state index in [9.17, 15) is 13.2 Å². The number of carbonyl (C=O) groups is 1. The molecule has 0 aromatic heterocycles. The van der Waals surface area contributed by atoms with E-state index < -0.39 is 9.84 Å². The van der Waals surface area contributed by atoms with E-state index in [1.807, 2.05) is 12.1 Å². The van der Waals surface area contributed by atoms with Crippen molar-refractivity contribution in [1.29, 1.82) is 0 Å². The highest BCUT2D eigenvalue weighted by atomic mass is 32.2. The Morgan fingerprint density at radius 3 is 2.40 bits per heavy atom. The van der Waals surface area contributed by atoms with Gasteiger partial charge in [0, 0.05) is 12.7 Å². The first-order valence-electron chi connectivity index (χ1n) is 7.93. The lowest BCUT2D eigenvalue weighted by Crippen LogP contribution is -2.12. The van der Waals surface area contributed by atoms with Crippen LogP contribution in [-0.2, 0) is 14.6 Å². The molecule has 0 radical (unpaired) electrons. The number of sulfone groups is 1. The van der Waals surface area contributed by atoms with Crippen LogP contribution in [0.15, 0.2) is 53.4 Å². The number of unbranched alkanes of at least 4 members (excludes halogenated alkanes) is 1. The zero-order chi connectivity index (χ0) is 18.3. The summed E-state index contributed by atoms with van der Waals surface area (Å²) in [6, 6.07) is 13.4. The van der Waals surface area contributed by atoms with Crippen molar-refractivity contribution in [3.63, 3.8) is 0 Å². The highest BCUT2D eigenvalue weighted by molar-refractivity contribution is 7.90. The minimum atomic E-state index is -3.20. The molecule has 0 atom stereocenters. The van der Waals surface area contributed by atoms with Crippen molar-refractivity contribution in [1.82, 2.24) is 0 Å². The van der Waals surface area contributed by atoms with Gasteiger partial charge >= 0.3 is 0 Å².